The first-order chi connectivity index (χ1) is 10.0. The molecule has 0 aliphatic carbocycles. The zero-order valence-electron chi connectivity index (χ0n) is 11.1. The average molecular weight is 297 g/mol. The predicted molar refractivity (Wildman–Crippen MR) is 69.5 cm³/mol. The fraction of sp³-hybridized carbons (Fsp3) is 0.429. The molecule has 0 saturated carbocycles. The number of halogens is 3. The smallest absolute Gasteiger partial charge is 0.394 e. The van der Waals surface area contributed by atoms with Gasteiger partial charge in [0.1, 0.15) is 5.82 Å². The molecule has 1 N–H and O–H groups in total. The third-order valence-electron chi connectivity index (χ3n) is 3.73. The van der Waals surface area contributed by atoms with Gasteiger partial charge in [-0.25, -0.2) is 0 Å². The highest BCUT2D eigenvalue weighted by molar-refractivity contribution is 5.57. The Balaban J connectivity index is 2.08. The van der Waals surface area contributed by atoms with Crippen molar-refractivity contribution >= 4 is 0 Å². The minimum Gasteiger partial charge on any atom is -0.394 e. The number of aryl methyl sites for hydroxylation is 1. The molecule has 1 atom stereocenters. The summed E-state index contributed by atoms with van der Waals surface area (Å²) in [5.41, 5.74) is -0.349. The van der Waals surface area contributed by atoms with Gasteiger partial charge in [-0.3, -0.25) is 0 Å². The molecule has 2 aromatic rings. The molecule has 1 aliphatic heterocycles. The van der Waals surface area contributed by atoms with Crippen molar-refractivity contribution < 1.29 is 18.3 Å². The Morgan fingerprint density at radius 3 is 2.81 bits per heavy atom. The van der Waals surface area contributed by atoms with Gasteiger partial charge in [0.25, 0.3) is 0 Å². The molecule has 0 amide bonds. The van der Waals surface area contributed by atoms with Gasteiger partial charge < -0.3 is 9.67 Å². The Kier molecular flexibility index (Phi) is 3.44. The second-order valence-corrected chi connectivity index (χ2v) is 5.12. The molecule has 1 unspecified atom stereocenters. The molecular weight excluding hydrogens is 283 g/mol. The molecule has 1 aromatic carbocycles. The third-order valence-corrected chi connectivity index (χ3v) is 3.73. The minimum atomic E-state index is -4.39. The lowest BCUT2D eigenvalue weighted by atomic mass is 10.0. The van der Waals surface area contributed by atoms with Crippen molar-refractivity contribution in [1.29, 1.82) is 0 Å². The van der Waals surface area contributed by atoms with Crippen LogP contribution >= 0.6 is 0 Å². The molecule has 112 valence electrons. The fourth-order valence-electron chi connectivity index (χ4n) is 2.71. The van der Waals surface area contributed by atoms with Gasteiger partial charge in [-0.1, -0.05) is 12.1 Å². The van der Waals surface area contributed by atoms with Crippen molar-refractivity contribution in [3.63, 3.8) is 0 Å². The van der Waals surface area contributed by atoms with Gasteiger partial charge in [0.15, 0.2) is 5.82 Å². The summed E-state index contributed by atoms with van der Waals surface area (Å²) >= 11 is 0. The lowest BCUT2D eigenvalue weighted by molar-refractivity contribution is -0.137. The average Bonchev–Trinajstić information content (AvgIpc) is 2.90. The third kappa shape index (κ3) is 2.53. The number of benzene rings is 1. The van der Waals surface area contributed by atoms with E-state index < -0.39 is 11.7 Å². The van der Waals surface area contributed by atoms with Gasteiger partial charge in [0.05, 0.1) is 18.2 Å². The molecule has 0 bridgehead atoms. The van der Waals surface area contributed by atoms with E-state index in [1.807, 2.05) is 0 Å². The topological polar surface area (TPSA) is 50.9 Å². The van der Waals surface area contributed by atoms with Crippen LogP contribution in [0.3, 0.4) is 0 Å². The van der Waals surface area contributed by atoms with Crippen LogP contribution in [0.25, 0.3) is 11.4 Å². The van der Waals surface area contributed by atoms with Gasteiger partial charge in [-0.15, -0.1) is 10.2 Å². The first-order valence-electron chi connectivity index (χ1n) is 6.73. The SMILES string of the molecule is OCC1CCCc2nnc(-c3cccc(C(F)(F)F)c3)n21. The largest absolute Gasteiger partial charge is 0.416 e. The van der Waals surface area contributed by atoms with E-state index in [9.17, 15) is 18.3 Å². The zero-order chi connectivity index (χ0) is 15.0. The maximum absolute atomic E-state index is 12.8. The van der Waals surface area contributed by atoms with Crippen molar-refractivity contribution in [3.05, 3.63) is 35.7 Å². The summed E-state index contributed by atoms with van der Waals surface area (Å²) in [4.78, 5) is 0. The predicted octanol–water partition coefficient (Wildman–Crippen LogP) is 2.83. The highest BCUT2D eigenvalue weighted by Gasteiger charge is 2.31. The monoisotopic (exact) mass is 297 g/mol. The van der Waals surface area contributed by atoms with Gasteiger partial charge in [-0.2, -0.15) is 13.2 Å². The summed E-state index contributed by atoms with van der Waals surface area (Å²) in [6.07, 6.45) is -2.00. The molecule has 4 nitrogen and oxygen atoms in total. The van der Waals surface area contributed by atoms with Crippen molar-refractivity contribution in [2.75, 3.05) is 6.61 Å². The lowest BCUT2D eigenvalue weighted by Gasteiger charge is -2.24. The van der Waals surface area contributed by atoms with Crippen LogP contribution in [0.2, 0.25) is 0 Å². The van der Waals surface area contributed by atoms with E-state index >= 15 is 0 Å². The Morgan fingerprint density at radius 1 is 1.29 bits per heavy atom. The van der Waals surface area contributed by atoms with E-state index in [-0.39, 0.29) is 12.6 Å². The van der Waals surface area contributed by atoms with Crippen LogP contribution in [0.15, 0.2) is 24.3 Å². The van der Waals surface area contributed by atoms with Gasteiger partial charge in [0.2, 0.25) is 0 Å². The zero-order valence-corrected chi connectivity index (χ0v) is 11.1. The van der Waals surface area contributed by atoms with Crippen LogP contribution in [-0.2, 0) is 12.6 Å². The van der Waals surface area contributed by atoms with Crippen molar-refractivity contribution in [3.8, 4) is 11.4 Å². The van der Waals surface area contributed by atoms with Crippen LogP contribution < -0.4 is 0 Å². The van der Waals surface area contributed by atoms with Crippen molar-refractivity contribution in [2.45, 2.75) is 31.5 Å². The van der Waals surface area contributed by atoms with E-state index in [0.717, 1.165) is 31.4 Å². The number of aliphatic hydroxyl groups is 1. The van der Waals surface area contributed by atoms with Crippen LogP contribution in [-0.4, -0.2) is 26.5 Å². The van der Waals surface area contributed by atoms with Crippen LogP contribution in [0.5, 0.6) is 0 Å². The quantitative estimate of drug-likeness (QED) is 0.927. The lowest BCUT2D eigenvalue weighted by Crippen LogP contribution is -2.21. The summed E-state index contributed by atoms with van der Waals surface area (Å²) in [6.45, 7) is -0.0724. The van der Waals surface area contributed by atoms with Crippen molar-refractivity contribution in [2.24, 2.45) is 0 Å². The number of hydrogen-bond acceptors (Lipinski definition) is 3. The summed E-state index contributed by atoms with van der Waals surface area (Å²) in [5.74, 6) is 1.10. The maximum Gasteiger partial charge on any atom is 0.416 e. The summed E-state index contributed by atoms with van der Waals surface area (Å²) in [7, 11) is 0. The summed E-state index contributed by atoms with van der Waals surface area (Å²) in [6, 6.07) is 4.86. The second kappa shape index (κ2) is 5.14. The molecule has 0 fully saturated rings. The molecule has 21 heavy (non-hydrogen) atoms. The number of nitrogens with zero attached hydrogens (tertiary/aromatic N) is 3. The molecule has 1 aromatic heterocycles. The van der Waals surface area contributed by atoms with E-state index in [1.54, 1.807) is 10.6 Å². The molecule has 7 heteroatoms. The number of aliphatic hydroxyl groups excluding tert-OH is 1. The molecule has 3 rings (SSSR count). The van der Waals surface area contributed by atoms with E-state index in [0.29, 0.717) is 17.2 Å². The highest BCUT2D eigenvalue weighted by Crippen LogP contribution is 2.34. The molecular formula is C14H14F3N3O. The standard InChI is InChI=1S/C14H14F3N3O/c15-14(16,17)10-4-1-3-9(7-10)13-19-18-12-6-2-5-11(8-21)20(12)13/h1,3-4,7,11,21H,2,5-6,8H2. The van der Waals surface area contributed by atoms with Gasteiger partial charge >= 0.3 is 6.18 Å². The molecule has 0 radical (unpaired) electrons. The van der Waals surface area contributed by atoms with Crippen LogP contribution in [0.1, 0.15) is 30.3 Å². The number of fused-ring (bicyclic) bond motifs is 1. The molecule has 1 aliphatic rings. The first-order valence-corrected chi connectivity index (χ1v) is 6.73. The maximum atomic E-state index is 12.8. The van der Waals surface area contributed by atoms with Gasteiger partial charge in [-0.05, 0) is 25.0 Å². The Bertz CT molecular complexity index is 651. The minimum absolute atomic E-state index is 0.0724. The fourth-order valence-corrected chi connectivity index (χ4v) is 2.71. The van der Waals surface area contributed by atoms with E-state index in [2.05, 4.69) is 10.2 Å². The summed E-state index contributed by atoms with van der Waals surface area (Å²) < 4.78 is 40.2. The molecule has 0 spiro atoms. The number of aromatic nitrogens is 3. The molecule has 0 saturated heterocycles. The normalized spacial score (nSPS) is 18.6. The first kappa shape index (κ1) is 14.1. The van der Waals surface area contributed by atoms with Crippen LogP contribution in [0.4, 0.5) is 13.2 Å². The van der Waals surface area contributed by atoms with Crippen molar-refractivity contribution in [1.82, 2.24) is 14.8 Å². The highest BCUT2D eigenvalue weighted by atomic mass is 19.4. The van der Waals surface area contributed by atoms with E-state index in [1.165, 1.54) is 6.07 Å². The Morgan fingerprint density at radius 2 is 2.10 bits per heavy atom. The number of hydrogen-bond donors (Lipinski definition) is 1. The van der Waals surface area contributed by atoms with Gasteiger partial charge in [0, 0.05) is 12.0 Å². The Labute approximate surface area is 119 Å². The van der Waals surface area contributed by atoms with E-state index in [4.69, 9.17) is 0 Å². The summed E-state index contributed by atoms with van der Waals surface area (Å²) in [5, 5.41) is 17.5. The van der Waals surface area contributed by atoms with Crippen LogP contribution in [0, 0.1) is 0 Å². The Hall–Kier alpha value is -1.89. The second-order valence-electron chi connectivity index (χ2n) is 5.12. The molecule has 2 heterocycles. The number of alkyl halides is 3. The number of rotatable bonds is 2.